The molecule has 2 aromatic carbocycles. The highest BCUT2D eigenvalue weighted by atomic mass is 16.5. The number of aldehydes is 1. The van der Waals surface area contributed by atoms with E-state index in [-0.39, 0.29) is 22.6 Å². The summed E-state index contributed by atoms with van der Waals surface area (Å²) in [5.41, 5.74) is 17.9. The minimum atomic E-state index is 0.0449. The first-order valence-electron chi connectivity index (χ1n) is 20.6. The Morgan fingerprint density at radius 3 is 1.65 bits per heavy atom. The number of fused-ring (bicyclic) bond motifs is 12. The van der Waals surface area contributed by atoms with E-state index in [1.807, 2.05) is 36.7 Å². The Balaban J connectivity index is 0.000000136. The highest BCUT2D eigenvalue weighted by Gasteiger charge is 2.53. The number of aromatic amines is 2. The summed E-state index contributed by atoms with van der Waals surface area (Å²) >= 11 is 0. The van der Waals surface area contributed by atoms with Crippen molar-refractivity contribution in [3.05, 3.63) is 117 Å². The molecule has 11 nitrogen and oxygen atoms in total. The molecule has 0 bridgehead atoms. The molecule has 0 atom stereocenters. The Morgan fingerprint density at radius 2 is 1.18 bits per heavy atom. The SMILES string of the molecule is C#Cc1cc(-c2cc3c(cn2)CCc2c-3[nH]c3c2C(=O)NCC32CC2)ccc1OC.COc1ccc(-c2cc3c(cn2)CCc2c-3[nH]c3c2C(=O)NCC32CC2)cc1C=O. The van der Waals surface area contributed by atoms with Gasteiger partial charge in [-0.3, -0.25) is 24.4 Å². The summed E-state index contributed by atoms with van der Waals surface area (Å²) in [6.45, 7) is 1.47. The monoisotopic (exact) mass is 794 g/mol. The van der Waals surface area contributed by atoms with Gasteiger partial charge in [0.25, 0.3) is 11.8 Å². The lowest BCUT2D eigenvalue weighted by Gasteiger charge is -2.23. The first-order valence-corrected chi connectivity index (χ1v) is 20.6. The zero-order valence-corrected chi connectivity index (χ0v) is 33.4. The van der Waals surface area contributed by atoms with Crippen molar-refractivity contribution in [1.82, 2.24) is 30.6 Å². The number of terminal acetylenes is 1. The average Bonchev–Trinajstić information content (AvgIpc) is 4.17. The molecule has 0 saturated heterocycles. The predicted molar refractivity (Wildman–Crippen MR) is 227 cm³/mol. The first-order chi connectivity index (χ1) is 29.3. The summed E-state index contributed by atoms with van der Waals surface area (Å²) < 4.78 is 10.6. The summed E-state index contributed by atoms with van der Waals surface area (Å²) in [6.07, 6.45) is 18.3. The molecule has 298 valence electrons. The van der Waals surface area contributed by atoms with Crippen LogP contribution >= 0.6 is 0 Å². The molecule has 4 N–H and O–H groups in total. The molecule has 6 aliphatic rings. The molecule has 4 aliphatic carbocycles. The van der Waals surface area contributed by atoms with E-state index >= 15 is 0 Å². The van der Waals surface area contributed by atoms with Crippen molar-refractivity contribution in [2.75, 3.05) is 27.3 Å². The van der Waals surface area contributed by atoms with Gasteiger partial charge in [-0.1, -0.05) is 5.92 Å². The molecular weight excluding hydrogens is 753 g/mol. The Hall–Kier alpha value is -6.93. The van der Waals surface area contributed by atoms with Gasteiger partial charge in [-0.25, -0.2) is 0 Å². The molecule has 12 rings (SSSR count). The first kappa shape index (κ1) is 36.2. The number of nitrogens with zero attached hydrogens (tertiary/aromatic N) is 2. The van der Waals surface area contributed by atoms with Gasteiger partial charge in [0.15, 0.2) is 6.29 Å². The third kappa shape index (κ3) is 5.46. The number of amides is 2. The van der Waals surface area contributed by atoms with Gasteiger partial charge in [-0.15, -0.1) is 6.42 Å². The zero-order chi connectivity index (χ0) is 40.9. The summed E-state index contributed by atoms with van der Waals surface area (Å²) in [5, 5.41) is 6.21. The molecule has 60 heavy (non-hydrogen) atoms. The standard InChI is InChI=1S/C25H21N3O2.C24H21N3O3/c1-3-14-10-15(5-7-20(14)30-2)19-11-18-16(12-26-19)4-6-17-21-23(28-22(17)18)25(8-9-25)13-27-24(21)29;1-30-19-5-3-13(8-15(19)11-28)18-9-17-14(10-25-18)2-4-16-20-22(27-21(16)17)24(6-7-24)12-26-23(20)29/h1,5,7,10-12,28H,4,6,8-9,13H2,2H3,(H,27,29);3,5,8-11,27H,2,4,6-7,12H2,1H3,(H,26,29). The maximum atomic E-state index is 12.7. The van der Waals surface area contributed by atoms with Gasteiger partial charge in [0, 0.05) is 70.0 Å². The second-order valence-electron chi connectivity index (χ2n) is 17.0. The Kier molecular flexibility index (Phi) is 8.01. The summed E-state index contributed by atoms with van der Waals surface area (Å²) in [7, 11) is 3.17. The molecule has 2 saturated carbocycles. The molecule has 0 unspecified atom stereocenters. The van der Waals surface area contributed by atoms with Crippen LogP contribution in [-0.4, -0.2) is 65.3 Å². The predicted octanol–water partition coefficient (Wildman–Crippen LogP) is 7.05. The van der Waals surface area contributed by atoms with Crippen LogP contribution < -0.4 is 20.1 Å². The van der Waals surface area contributed by atoms with Crippen LogP contribution in [0.3, 0.4) is 0 Å². The Morgan fingerprint density at radius 1 is 0.683 bits per heavy atom. The molecule has 2 spiro atoms. The van der Waals surface area contributed by atoms with Gasteiger partial charge < -0.3 is 30.1 Å². The number of methoxy groups -OCH3 is 2. The molecule has 0 radical (unpaired) electrons. The number of nitrogens with one attached hydrogen (secondary N) is 4. The quantitative estimate of drug-likeness (QED) is 0.108. The van der Waals surface area contributed by atoms with Gasteiger partial charge in [0.1, 0.15) is 11.5 Å². The minimum absolute atomic E-state index is 0.0449. The van der Waals surface area contributed by atoms with E-state index in [1.54, 1.807) is 26.4 Å². The lowest BCUT2D eigenvalue weighted by Crippen LogP contribution is -2.39. The van der Waals surface area contributed by atoms with E-state index < -0.39 is 0 Å². The van der Waals surface area contributed by atoms with Crippen molar-refractivity contribution in [2.24, 2.45) is 0 Å². The maximum Gasteiger partial charge on any atom is 0.253 e. The number of ether oxygens (including phenoxy) is 2. The van der Waals surface area contributed by atoms with Crippen LogP contribution in [0.4, 0.5) is 0 Å². The summed E-state index contributed by atoms with van der Waals surface area (Å²) in [6, 6.07) is 15.5. The fourth-order valence-corrected chi connectivity index (χ4v) is 9.97. The fourth-order valence-electron chi connectivity index (χ4n) is 9.97. The molecule has 2 aliphatic heterocycles. The van der Waals surface area contributed by atoms with Crippen LogP contribution in [0.1, 0.15) is 96.0 Å². The van der Waals surface area contributed by atoms with Crippen molar-refractivity contribution < 1.29 is 23.9 Å². The minimum Gasteiger partial charge on any atom is -0.496 e. The van der Waals surface area contributed by atoms with Gasteiger partial charge in [0.05, 0.1) is 59.2 Å². The highest BCUT2D eigenvalue weighted by Crippen LogP contribution is 2.54. The number of hydrogen-bond donors (Lipinski definition) is 4. The van der Waals surface area contributed by atoms with Crippen molar-refractivity contribution in [1.29, 1.82) is 0 Å². The van der Waals surface area contributed by atoms with E-state index in [4.69, 9.17) is 20.9 Å². The number of carbonyl (C=O) groups is 3. The largest absolute Gasteiger partial charge is 0.496 e. The number of benzene rings is 2. The number of hydrogen-bond acceptors (Lipinski definition) is 7. The molecule has 6 aromatic rings. The zero-order valence-electron chi connectivity index (χ0n) is 33.4. The molecule has 2 amide bonds. The van der Waals surface area contributed by atoms with Crippen LogP contribution in [-0.2, 0) is 36.5 Å². The van der Waals surface area contributed by atoms with E-state index in [0.29, 0.717) is 22.6 Å². The van der Waals surface area contributed by atoms with Gasteiger partial charge in [-0.05, 0) is 122 Å². The maximum absolute atomic E-state index is 12.7. The summed E-state index contributed by atoms with van der Waals surface area (Å²) in [4.78, 5) is 53.5. The van der Waals surface area contributed by atoms with Crippen molar-refractivity contribution >= 4 is 18.1 Å². The van der Waals surface area contributed by atoms with Crippen molar-refractivity contribution in [2.45, 2.75) is 62.2 Å². The topological polar surface area (TPSA) is 151 Å². The van der Waals surface area contributed by atoms with Crippen LogP contribution in [0.25, 0.3) is 45.0 Å². The molecular formula is C49H42N6O5. The van der Waals surface area contributed by atoms with Crippen LogP contribution in [0, 0.1) is 12.3 Å². The number of aromatic nitrogens is 4. The van der Waals surface area contributed by atoms with Crippen molar-refractivity contribution in [3.8, 4) is 68.9 Å². The van der Waals surface area contributed by atoms with Crippen molar-refractivity contribution in [3.63, 3.8) is 0 Å². The number of H-pyrrole nitrogens is 2. The van der Waals surface area contributed by atoms with E-state index in [2.05, 4.69) is 43.6 Å². The third-order valence-corrected chi connectivity index (χ3v) is 13.7. The normalized spacial score (nSPS) is 17.5. The Labute approximate surface area is 346 Å². The van der Waals surface area contributed by atoms with Crippen LogP contribution in [0.2, 0.25) is 0 Å². The third-order valence-electron chi connectivity index (χ3n) is 13.7. The second-order valence-corrected chi connectivity index (χ2v) is 17.0. The van der Waals surface area contributed by atoms with E-state index in [1.165, 1.54) is 11.1 Å². The van der Waals surface area contributed by atoms with Gasteiger partial charge in [0.2, 0.25) is 0 Å². The van der Waals surface area contributed by atoms with Crippen LogP contribution in [0.15, 0.2) is 60.9 Å². The smallest absolute Gasteiger partial charge is 0.253 e. The van der Waals surface area contributed by atoms with Gasteiger partial charge >= 0.3 is 0 Å². The average molecular weight is 795 g/mol. The summed E-state index contributed by atoms with van der Waals surface area (Å²) in [5.74, 6) is 4.02. The number of aryl methyl sites for hydroxylation is 2. The molecule has 4 aromatic heterocycles. The van der Waals surface area contributed by atoms with Crippen LogP contribution in [0.5, 0.6) is 11.5 Å². The lowest BCUT2D eigenvalue weighted by molar-refractivity contribution is 0.0928. The highest BCUT2D eigenvalue weighted by molar-refractivity contribution is 6.02. The van der Waals surface area contributed by atoms with E-state index in [9.17, 15) is 14.4 Å². The van der Waals surface area contributed by atoms with E-state index in [0.717, 1.165) is 149 Å². The van der Waals surface area contributed by atoms with Gasteiger partial charge in [-0.2, -0.15) is 0 Å². The fraction of sp³-hybridized carbons (Fsp3) is 0.286. The second kappa shape index (κ2) is 13.3. The number of rotatable bonds is 5. The molecule has 2 fully saturated rings. The Bertz CT molecular complexity index is 2900. The number of pyridine rings is 2. The molecule has 11 heteroatoms. The number of carbonyl (C=O) groups excluding carboxylic acids is 3. The molecule has 6 heterocycles. The lowest BCUT2D eigenvalue weighted by atomic mass is 9.86.